The fourth-order valence-electron chi connectivity index (χ4n) is 2.29. The molecule has 20 heavy (non-hydrogen) atoms. The van der Waals surface area contributed by atoms with Crippen LogP contribution >= 0.6 is 11.6 Å². The van der Waals surface area contributed by atoms with Crippen LogP contribution in [0.5, 0.6) is 5.75 Å². The van der Waals surface area contributed by atoms with E-state index in [9.17, 15) is 5.11 Å². The number of benzene rings is 2. The van der Waals surface area contributed by atoms with Gasteiger partial charge in [0.15, 0.2) is 0 Å². The van der Waals surface area contributed by atoms with Crippen LogP contribution in [0, 0.1) is 0 Å². The van der Waals surface area contributed by atoms with Crippen LogP contribution in [0.4, 0.5) is 0 Å². The van der Waals surface area contributed by atoms with Crippen LogP contribution in [0.15, 0.2) is 48.5 Å². The lowest BCUT2D eigenvalue weighted by atomic mass is 9.98. The SMILES string of the molecule is CCCNC(Cc1cccc(O)c1)c1ccccc1Cl. The van der Waals surface area contributed by atoms with E-state index in [0.717, 1.165) is 35.5 Å². The van der Waals surface area contributed by atoms with Gasteiger partial charge < -0.3 is 10.4 Å². The van der Waals surface area contributed by atoms with Crippen molar-refractivity contribution in [3.05, 3.63) is 64.7 Å². The molecule has 1 atom stereocenters. The van der Waals surface area contributed by atoms with E-state index in [0.29, 0.717) is 5.75 Å². The Balaban J connectivity index is 2.22. The van der Waals surface area contributed by atoms with Crippen LogP contribution in [0.2, 0.25) is 5.02 Å². The molecule has 0 radical (unpaired) electrons. The highest BCUT2D eigenvalue weighted by molar-refractivity contribution is 6.31. The van der Waals surface area contributed by atoms with E-state index in [1.54, 1.807) is 12.1 Å². The molecule has 2 N–H and O–H groups in total. The maximum atomic E-state index is 9.58. The van der Waals surface area contributed by atoms with Crippen molar-refractivity contribution in [1.29, 1.82) is 0 Å². The maximum absolute atomic E-state index is 9.58. The van der Waals surface area contributed by atoms with Gasteiger partial charge >= 0.3 is 0 Å². The summed E-state index contributed by atoms with van der Waals surface area (Å²) in [6.45, 7) is 3.08. The van der Waals surface area contributed by atoms with Gasteiger partial charge in [0.2, 0.25) is 0 Å². The molecule has 106 valence electrons. The summed E-state index contributed by atoms with van der Waals surface area (Å²) in [4.78, 5) is 0. The molecule has 2 aromatic carbocycles. The molecule has 3 heteroatoms. The highest BCUT2D eigenvalue weighted by Crippen LogP contribution is 2.26. The van der Waals surface area contributed by atoms with E-state index in [-0.39, 0.29) is 6.04 Å². The van der Waals surface area contributed by atoms with Crippen molar-refractivity contribution in [2.45, 2.75) is 25.8 Å². The van der Waals surface area contributed by atoms with Crippen molar-refractivity contribution in [2.24, 2.45) is 0 Å². The van der Waals surface area contributed by atoms with Gasteiger partial charge in [-0.3, -0.25) is 0 Å². The van der Waals surface area contributed by atoms with Gasteiger partial charge in [0.1, 0.15) is 5.75 Å². The number of hydrogen-bond donors (Lipinski definition) is 2. The first kappa shape index (κ1) is 14.9. The zero-order valence-electron chi connectivity index (χ0n) is 11.6. The van der Waals surface area contributed by atoms with Crippen LogP contribution in [-0.4, -0.2) is 11.7 Å². The van der Waals surface area contributed by atoms with Crippen LogP contribution in [0.1, 0.15) is 30.5 Å². The summed E-state index contributed by atoms with van der Waals surface area (Å²) >= 11 is 6.31. The summed E-state index contributed by atoms with van der Waals surface area (Å²) in [5, 5.41) is 13.9. The third kappa shape index (κ3) is 3.99. The molecule has 0 bridgehead atoms. The van der Waals surface area contributed by atoms with Gasteiger partial charge in [0, 0.05) is 11.1 Å². The highest BCUT2D eigenvalue weighted by Gasteiger charge is 2.14. The maximum Gasteiger partial charge on any atom is 0.115 e. The smallest absolute Gasteiger partial charge is 0.115 e. The monoisotopic (exact) mass is 289 g/mol. The summed E-state index contributed by atoms with van der Waals surface area (Å²) in [5.41, 5.74) is 2.20. The Hall–Kier alpha value is -1.51. The second-order valence-corrected chi connectivity index (χ2v) is 5.31. The van der Waals surface area contributed by atoms with Gasteiger partial charge in [-0.15, -0.1) is 0 Å². The van der Waals surface area contributed by atoms with Gasteiger partial charge in [-0.2, -0.15) is 0 Å². The molecule has 0 aromatic heterocycles. The largest absolute Gasteiger partial charge is 0.508 e. The summed E-state index contributed by atoms with van der Waals surface area (Å²) < 4.78 is 0. The number of aromatic hydroxyl groups is 1. The fraction of sp³-hybridized carbons (Fsp3) is 0.294. The molecule has 2 rings (SSSR count). The van der Waals surface area contributed by atoms with Gasteiger partial charge in [0.25, 0.3) is 0 Å². The predicted octanol–water partition coefficient (Wildman–Crippen LogP) is 4.33. The minimum atomic E-state index is 0.158. The number of hydrogen-bond acceptors (Lipinski definition) is 2. The molecule has 0 saturated carbocycles. The zero-order valence-corrected chi connectivity index (χ0v) is 12.4. The Morgan fingerprint density at radius 3 is 2.65 bits per heavy atom. The molecule has 0 amide bonds. The lowest BCUT2D eigenvalue weighted by Crippen LogP contribution is -2.24. The Labute approximate surface area is 125 Å². The number of phenols is 1. The minimum absolute atomic E-state index is 0.158. The topological polar surface area (TPSA) is 32.3 Å². The first-order valence-electron chi connectivity index (χ1n) is 6.96. The number of nitrogens with one attached hydrogen (secondary N) is 1. The van der Waals surface area contributed by atoms with E-state index in [2.05, 4.69) is 18.3 Å². The Morgan fingerprint density at radius 1 is 1.15 bits per heavy atom. The summed E-state index contributed by atoms with van der Waals surface area (Å²) in [7, 11) is 0. The standard InChI is InChI=1S/C17H20ClNO/c1-2-10-19-17(15-8-3-4-9-16(15)18)12-13-6-5-7-14(20)11-13/h3-9,11,17,19-20H,2,10,12H2,1H3. The van der Waals surface area contributed by atoms with Crippen LogP contribution in [-0.2, 0) is 6.42 Å². The quantitative estimate of drug-likeness (QED) is 0.829. The van der Waals surface area contributed by atoms with Crippen molar-refractivity contribution in [3.63, 3.8) is 0 Å². The van der Waals surface area contributed by atoms with Crippen molar-refractivity contribution in [2.75, 3.05) is 6.54 Å². The van der Waals surface area contributed by atoms with Crippen molar-refractivity contribution >= 4 is 11.6 Å². The third-order valence-corrected chi connectivity index (χ3v) is 3.62. The van der Waals surface area contributed by atoms with Gasteiger partial charge in [-0.05, 0) is 48.7 Å². The zero-order chi connectivity index (χ0) is 14.4. The van der Waals surface area contributed by atoms with E-state index < -0.39 is 0 Å². The molecule has 0 aliphatic carbocycles. The first-order valence-corrected chi connectivity index (χ1v) is 7.34. The van der Waals surface area contributed by atoms with E-state index in [1.807, 2.05) is 30.3 Å². The van der Waals surface area contributed by atoms with E-state index in [1.165, 1.54) is 0 Å². The molecular formula is C17H20ClNO. The van der Waals surface area contributed by atoms with Gasteiger partial charge in [0.05, 0.1) is 0 Å². The van der Waals surface area contributed by atoms with Crippen molar-refractivity contribution < 1.29 is 5.11 Å². The van der Waals surface area contributed by atoms with Crippen molar-refractivity contribution in [3.8, 4) is 5.75 Å². The van der Waals surface area contributed by atoms with Crippen LogP contribution in [0.25, 0.3) is 0 Å². The van der Waals surface area contributed by atoms with Gasteiger partial charge in [-0.25, -0.2) is 0 Å². The minimum Gasteiger partial charge on any atom is -0.508 e. The molecule has 0 fully saturated rings. The second kappa shape index (κ2) is 7.32. The average Bonchev–Trinajstić information content (AvgIpc) is 2.44. The summed E-state index contributed by atoms with van der Waals surface area (Å²) in [5.74, 6) is 0.302. The van der Waals surface area contributed by atoms with Crippen LogP contribution in [0.3, 0.4) is 0 Å². The molecule has 1 unspecified atom stereocenters. The lowest BCUT2D eigenvalue weighted by Gasteiger charge is -2.20. The summed E-state index contributed by atoms with van der Waals surface area (Å²) in [6.07, 6.45) is 1.87. The molecule has 0 aliphatic rings. The number of phenolic OH excluding ortho intramolecular Hbond substituents is 1. The lowest BCUT2D eigenvalue weighted by molar-refractivity contribution is 0.473. The molecule has 0 heterocycles. The third-order valence-electron chi connectivity index (χ3n) is 3.27. The summed E-state index contributed by atoms with van der Waals surface area (Å²) in [6, 6.07) is 15.5. The van der Waals surface area contributed by atoms with E-state index in [4.69, 9.17) is 11.6 Å². The van der Waals surface area contributed by atoms with E-state index >= 15 is 0 Å². The molecule has 0 saturated heterocycles. The number of rotatable bonds is 6. The highest BCUT2D eigenvalue weighted by atomic mass is 35.5. The average molecular weight is 290 g/mol. The van der Waals surface area contributed by atoms with Crippen LogP contribution < -0.4 is 5.32 Å². The Bertz CT molecular complexity index is 556. The number of halogens is 1. The van der Waals surface area contributed by atoms with Crippen molar-refractivity contribution in [1.82, 2.24) is 5.32 Å². The molecular weight excluding hydrogens is 270 g/mol. The molecule has 2 aromatic rings. The van der Waals surface area contributed by atoms with Gasteiger partial charge in [-0.1, -0.05) is 48.9 Å². The first-order chi connectivity index (χ1) is 9.70. The normalized spacial score (nSPS) is 12.3. The molecule has 2 nitrogen and oxygen atoms in total. The Morgan fingerprint density at radius 2 is 1.95 bits per heavy atom. The Kier molecular flexibility index (Phi) is 5.45. The second-order valence-electron chi connectivity index (χ2n) is 4.90. The fourth-order valence-corrected chi connectivity index (χ4v) is 2.55. The predicted molar refractivity (Wildman–Crippen MR) is 84.3 cm³/mol. The molecule has 0 aliphatic heterocycles. The molecule has 0 spiro atoms.